The number of hydrogen-bond donors (Lipinski definition) is 0. The minimum atomic E-state index is 0.552. The quantitative estimate of drug-likeness (QED) is 0.191. The van der Waals surface area contributed by atoms with Gasteiger partial charge in [-0.2, -0.15) is 0 Å². The monoisotopic (exact) mass is 600 g/mol. The van der Waals surface area contributed by atoms with Crippen molar-refractivity contribution in [3.05, 3.63) is 120 Å². The highest BCUT2D eigenvalue weighted by atomic mass is 15.2. The second-order valence-electron chi connectivity index (χ2n) is 13.4. The fourth-order valence-electron chi connectivity index (χ4n) is 7.45. The molecule has 0 atom stereocenters. The van der Waals surface area contributed by atoms with Gasteiger partial charge in [-0.15, -0.1) is 0 Å². The van der Waals surface area contributed by atoms with E-state index in [0.29, 0.717) is 11.8 Å². The van der Waals surface area contributed by atoms with Gasteiger partial charge in [0, 0.05) is 0 Å². The number of hydrogen-bond acceptors (Lipinski definition) is 2. The molecule has 6 nitrogen and oxygen atoms in total. The smallest absolute Gasteiger partial charge is 0.220 e. The molecule has 0 radical (unpaired) electrons. The van der Waals surface area contributed by atoms with Crippen LogP contribution >= 0.6 is 0 Å². The zero-order chi connectivity index (χ0) is 31.1. The van der Waals surface area contributed by atoms with Crippen LogP contribution in [0.3, 0.4) is 0 Å². The highest BCUT2D eigenvalue weighted by Crippen LogP contribution is 2.34. The largest absolute Gasteiger partial charge is 0.278 e. The Morgan fingerprint density at radius 2 is 0.848 bits per heavy atom. The summed E-state index contributed by atoms with van der Waals surface area (Å²) in [6, 6.07) is 39.3. The fraction of sp³-hybridized carbons (Fsp3) is 0.200. The number of aromatic nitrogens is 6. The molecule has 4 aromatic heterocycles. The average Bonchev–Trinajstić information content (AvgIpc) is 3.78. The Hall–Kier alpha value is -5.36. The third-order valence-corrected chi connectivity index (χ3v) is 9.23. The van der Waals surface area contributed by atoms with Crippen LogP contribution in [0, 0.1) is 11.8 Å². The summed E-state index contributed by atoms with van der Waals surface area (Å²) >= 11 is 0. The lowest BCUT2D eigenvalue weighted by atomic mass is 10.0. The van der Waals surface area contributed by atoms with Gasteiger partial charge in [0.15, 0.2) is 0 Å². The summed E-state index contributed by atoms with van der Waals surface area (Å²) < 4.78 is 9.26. The van der Waals surface area contributed by atoms with Crippen molar-refractivity contribution >= 4 is 55.7 Å². The highest BCUT2D eigenvalue weighted by Gasteiger charge is 2.21. The molecular formula is C40H36N6. The number of benzene rings is 5. The lowest BCUT2D eigenvalue weighted by molar-refractivity contribution is 0.649. The van der Waals surface area contributed by atoms with Crippen LogP contribution in [0.5, 0.6) is 0 Å². The van der Waals surface area contributed by atoms with Crippen LogP contribution in [0.4, 0.5) is 0 Å². The normalized spacial score (nSPS) is 12.5. The summed E-state index contributed by atoms with van der Waals surface area (Å²) in [5.41, 5.74) is 13.8. The standard InChI is InChI=1S/C40H36N6/c1-25(2)22-27-12-9-20-35-37(27)41-39-43(31-16-5-7-18-33(31)45(35)39)29-14-11-15-30(24-29)44-32-17-6-8-19-34(32)46-36-21-10-13-28(23-26(3)4)38(36)42-40(44)46/h5-21,24-26H,22-23H2,1-4H3. The van der Waals surface area contributed by atoms with Gasteiger partial charge in [-0.25, -0.2) is 9.97 Å². The Balaban J connectivity index is 1.31. The van der Waals surface area contributed by atoms with Crippen molar-refractivity contribution in [1.29, 1.82) is 0 Å². The lowest BCUT2D eigenvalue weighted by Crippen LogP contribution is -2.00. The molecule has 6 heteroatoms. The van der Waals surface area contributed by atoms with Crippen LogP contribution < -0.4 is 0 Å². The van der Waals surface area contributed by atoms with E-state index in [1.54, 1.807) is 0 Å². The van der Waals surface area contributed by atoms with Gasteiger partial charge in [0.05, 0.1) is 55.5 Å². The highest BCUT2D eigenvalue weighted by molar-refractivity contribution is 5.95. The van der Waals surface area contributed by atoms with Crippen molar-refractivity contribution in [3.8, 4) is 11.4 Å². The van der Waals surface area contributed by atoms with E-state index in [4.69, 9.17) is 9.97 Å². The third-order valence-electron chi connectivity index (χ3n) is 9.23. The summed E-state index contributed by atoms with van der Waals surface area (Å²) in [5.74, 6) is 2.96. The second kappa shape index (κ2) is 10.1. The summed E-state index contributed by atoms with van der Waals surface area (Å²) in [7, 11) is 0. The number of nitrogens with zero attached hydrogens (tertiary/aromatic N) is 6. The predicted molar refractivity (Wildman–Crippen MR) is 190 cm³/mol. The Bertz CT molecular complexity index is 2430. The minimum Gasteiger partial charge on any atom is -0.278 e. The Morgan fingerprint density at radius 3 is 1.28 bits per heavy atom. The van der Waals surface area contributed by atoms with E-state index in [1.807, 2.05) is 0 Å². The van der Waals surface area contributed by atoms with Crippen molar-refractivity contribution < 1.29 is 0 Å². The Kier molecular flexibility index (Phi) is 5.91. The van der Waals surface area contributed by atoms with Gasteiger partial charge in [-0.3, -0.25) is 17.9 Å². The molecule has 0 spiro atoms. The molecule has 0 fully saturated rings. The maximum atomic E-state index is 5.34. The van der Waals surface area contributed by atoms with Gasteiger partial charge in [-0.05, 0) is 90.4 Å². The van der Waals surface area contributed by atoms with Crippen molar-refractivity contribution in [2.75, 3.05) is 0 Å². The SMILES string of the molecule is CC(C)Cc1cccc2c1nc1n(-c3cccc(-n4c5ccccc5n5c6cccc(CC(C)C)c6nc45)c3)c3ccccc3n21. The molecule has 0 aliphatic rings. The maximum Gasteiger partial charge on any atom is 0.220 e. The van der Waals surface area contributed by atoms with Crippen molar-refractivity contribution in [3.63, 3.8) is 0 Å². The fourth-order valence-corrected chi connectivity index (χ4v) is 7.45. The first kappa shape index (κ1) is 27.0. The van der Waals surface area contributed by atoms with Crippen LogP contribution in [0.2, 0.25) is 0 Å². The Morgan fingerprint density at radius 1 is 0.457 bits per heavy atom. The van der Waals surface area contributed by atoms with E-state index >= 15 is 0 Å². The first-order valence-corrected chi connectivity index (χ1v) is 16.4. The van der Waals surface area contributed by atoms with Crippen LogP contribution in [0.15, 0.2) is 109 Å². The molecule has 4 heterocycles. The summed E-state index contributed by atoms with van der Waals surface area (Å²) in [4.78, 5) is 10.7. The maximum absolute atomic E-state index is 5.34. The third kappa shape index (κ3) is 3.89. The molecular weight excluding hydrogens is 564 g/mol. The van der Waals surface area contributed by atoms with Gasteiger partial charge in [0.2, 0.25) is 11.6 Å². The predicted octanol–water partition coefficient (Wildman–Crippen LogP) is 9.57. The first-order chi connectivity index (χ1) is 22.5. The molecule has 226 valence electrons. The molecule has 0 bridgehead atoms. The number of fused-ring (bicyclic) bond motifs is 10. The van der Waals surface area contributed by atoms with Crippen molar-refractivity contribution in [2.24, 2.45) is 11.8 Å². The Labute approximate surface area is 267 Å². The molecule has 9 aromatic rings. The average molecular weight is 601 g/mol. The molecule has 0 unspecified atom stereocenters. The molecule has 0 saturated heterocycles. The molecule has 0 aliphatic heterocycles. The zero-order valence-corrected chi connectivity index (χ0v) is 26.6. The van der Waals surface area contributed by atoms with Crippen molar-refractivity contribution in [1.82, 2.24) is 27.9 Å². The molecule has 0 aliphatic carbocycles. The van der Waals surface area contributed by atoms with Crippen LogP contribution in [-0.2, 0) is 12.8 Å². The van der Waals surface area contributed by atoms with E-state index < -0.39 is 0 Å². The molecule has 9 rings (SSSR count). The van der Waals surface area contributed by atoms with Gasteiger partial charge in [-0.1, -0.05) is 82.3 Å². The van der Waals surface area contributed by atoms with Gasteiger partial charge in [0.1, 0.15) is 0 Å². The van der Waals surface area contributed by atoms with E-state index in [2.05, 4.69) is 155 Å². The van der Waals surface area contributed by atoms with E-state index in [-0.39, 0.29) is 0 Å². The molecule has 0 amide bonds. The molecule has 0 saturated carbocycles. The summed E-state index contributed by atoms with van der Waals surface area (Å²) in [6.07, 6.45) is 2.00. The molecule has 0 N–H and O–H groups in total. The number of imidazole rings is 4. The minimum absolute atomic E-state index is 0.552. The van der Waals surface area contributed by atoms with E-state index in [1.165, 1.54) is 11.1 Å². The van der Waals surface area contributed by atoms with Gasteiger partial charge >= 0.3 is 0 Å². The van der Waals surface area contributed by atoms with Crippen LogP contribution in [0.25, 0.3) is 67.1 Å². The van der Waals surface area contributed by atoms with Gasteiger partial charge in [0.25, 0.3) is 0 Å². The van der Waals surface area contributed by atoms with E-state index in [0.717, 1.165) is 79.9 Å². The number of para-hydroxylation sites is 6. The summed E-state index contributed by atoms with van der Waals surface area (Å²) in [6.45, 7) is 9.08. The van der Waals surface area contributed by atoms with E-state index in [9.17, 15) is 0 Å². The van der Waals surface area contributed by atoms with Crippen LogP contribution in [-0.4, -0.2) is 27.9 Å². The zero-order valence-electron chi connectivity index (χ0n) is 26.6. The number of rotatable bonds is 6. The first-order valence-electron chi connectivity index (χ1n) is 16.4. The lowest BCUT2D eigenvalue weighted by Gasteiger charge is -2.10. The van der Waals surface area contributed by atoms with Gasteiger partial charge < -0.3 is 0 Å². The summed E-state index contributed by atoms with van der Waals surface area (Å²) in [5, 5.41) is 0. The van der Waals surface area contributed by atoms with Crippen molar-refractivity contribution in [2.45, 2.75) is 40.5 Å². The topological polar surface area (TPSA) is 44.5 Å². The van der Waals surface area contributed by atoms with Crippen LogP contribution in [0.1, 0.15) is 38.8 Å². The molecule has 5 aromatic carbocycles. The second-order valence-corrected chi connectivity index (χ2v) is 13.4. The molecule has 46 heavy (non-hydrogen) atoms.